The molecule has 0 unspecified atom stereocenters. The van der Waals surface area contributed by atoms with E-state index in [1.165, 1.54) is 38.3 Å². The van der Waals surface area contributed by atoms with Crippen molar-refractivity contribution in [2.45, 2.75) is 26.4 Å². The van der Waals surface area contributed by atoms with Gasteiger partial charge in [0.1, 0.15) is 0 Å². The van der Waals surface area contributed by atoms with E-state index in [0.29, 0.717) is 11.1 Å². The van der Waals surface area contributed by atoms with Gasteiger partial charge in [-0.25, -0.2) is 9.59 Å². The Balaban J connectivity index is 2.03. The number of ether oxygens (including phenoxy) is 2. The van der Waals surface area contributed by atoms with Gasteiger partial charge in [0.25, 0.3) is 0 Å². The van der Waals surface area contributed by atoms with Gasteiger partial charge in [-0.05, 0) is 43.2 Å². The van der Waals surface area contributed by atoms with E-state index in [9.17, 15) is 14.4 Å². The normalized spacial score (nSPS) is 11.5. The van der Waals surface area contributed by atoms with Crippen LogP contribution in [0.3, 0.4) is 0 Å². The van der Waals surface area contributed by atoms with E-state index in [1.807, 2.05) is 19.1 Å². The van der Waals surface area contributed by atoms with Crippen molar-refractivity contribution >= 4 is 17.7 Å². The Kier molecular flexibility index (Phi) is 6.06. The highest BCUT2D eigenvalue weighted by Crippen LogP contribution is 2.12. The van der Waals surface area contributed by atoms with E-state index in [1.54, 1.807) is 12.1 Å². The summed E-state index contributed by atoms with van der Waals surface area (Å²) in [5.41, 5.74) is 2.22. The summed E-state index contributed by atoms with van der Waals surface area (Å²) in [4.78, 5) is 35.9. The lowest BCUT2D eigenvalue weighted by atomic mass is 10.0. The molecule has 0 aliphatic rings. The van der Waals surface area contributed by atoms with Gasteiger partial charge in [0.15, 0.2) is 6.10 Å². The molecule has 2 rings (SSSR count). The summed E-state index contributed by atoms with van der Waals surface area (Å²) in [5, 5.41) is 0. The standard InChI is InChI=1S/C20H20O5/c1-4-14-5-7-15(8-6-14)18(21)13(2)25-20(23)17-11-9-16(10-12-17)19(22)24-3/h5-13H,4H2,1-3H3/t13-/m1/s1. The van der Waals surface area contributed by atoms with E-state index in [-0.39, 0.29) is 11.3 Å². The van der Waals surface area contributed by atoms with Crippen molar-refractivity contribution in [1.82, 2.24) is 0 Å². The number of rotatable bonds is 6. The first-order valence-corrected chi connectivity index (χ1v) is 7.98. The molecule has 0 aromatic heterocycles. The zero-order valence-corrected chi connectivity index (χ0v) is 14.4. The summed E-state index contributed by atoms with van der Waals surface area (Å²) in [7, 11) is 1.28. The summed E-state index contributed by atoms with van der Waals surface area (Å²) in [6, 6.07) is 13.1. The number of carbonyl (C=O) groups excluding carboxylic acids is 3. The van der Waals surface area contributed by atoms with Crippen molar-refractivity contribution in [3.8, 4) is 0 Å². The highest BCUT2D eigenvalue weighted by atomic mass is 16.5. The fourth-order valence-electron chi connectivity index (χ4n) is 2.28. The third kappa shape index (κ3) is 4.53. The fourth-order valence-corrected chi connectivity index (χ4v) is 2.28. The molecule has 1 atom stereocenters. The Labute approximate surface area is 146 Å². The predicted molar refractivity (Wildman–Crippen MR) is 92.8 cm³/mol. The monoisotopic (exact) mass is 340 g/mol. The SMILES string of the molecule is CCc1ccc(C(=O)[C@@H](C)OC(=O)c2ccc(C(=O)OC)cc2)cc1. The second kappa shape index (κ2) is 8.24. The fraction of sp³-hybridized carbons (Fsp3) is 0.250. The number of hydrogen-bond acceptors (Lipinski definition) is 5. The first kappa shape index (κ1) is 18.4. The minimum absolute atomic E-state index is 0.258. The van der Waals surface area contributed by atoms with E-state index >= 15 is 0 Å². The molecule has 0 fully saturated rings. The van der Waals surface area contributed by atoms with Gasteiger partial charge in [-0.1, -0.05) is 31.2 Å². The number of Topliss-reactive ketones (excluding diaryl/α,β-unsaturated/α-hetero) is 1. The molecular formula is C20H20O5. The average Bonchev–Trinajstić information content (AvgIpc) is 2.66. The largest absolute Gasteiger partial charge is 0.465 e. The Morgan fingerprint density at radius 3 is 1.80 bits per heavy atom. The molecule has 0 aliphatic heterocycles. The van der Waals surface area contributed by atoms with Crippen molar-refractivity contribution in [2.24, 2.45) is 0 Å². The minimum atomic E-state index is -0.903. The van der Waals surface area contributed by atoms with E-state index in [2.05, 4.69) is 4.74 Å². The molecule has 0 radical (unpaired) electrons. The van der Waals surface area contributed by atoms with Gasteiger partial charge in [0.2, 0.25) is 5.78 Å². The highest BCUT2D eigenvalue weighted by molar-refractivity contribution is 6.01. The average molecular weight is 340 g/mol. The molecule has 5 nitrogen and oxygen atoms in total. The zero-order valence-electron chi connectivity index (χ0n) is 14.4. The Bertz CT molecular complexity index is 760. The van der Waals surface area contributed by atoms with Crippen LogP contribution in [0.5, 0.6) is 0 Å². The van der Waals surface area contributed by atoms with Gasteiger partial charge in [0, 0.05) is 5.56 Å². The number of benzene rings is 2. The number of esters is 2. The van der Waals surface area contributed by atoms with E-state index in [0.717, 1.165) is 12.0 Å². The Hall–Kier alpha value is -2.95. The van der Waals surface area contributed by atoms with E-state index < -0.39 is 18.0 Å². The molecule has 25 heavy (non-hydrogen) atoms. The molecule has 0 bridgehead atoms. The molecule has 0 aliphatic carbocycles. The summed E-state index contributed by atoms with van der Waals surface area (Å²) >= 11 is 0. The van der Waals surface area contributed by atoms with Crippen molar-refractivity contribution in [3.63, 3.8) is 0 Å². The molecule has 0 amide bonds. The number of ketones is 1. The first-order valence-electron chi connectivity index (χ1n) is 7.98. The highest BCUT2D eigenvalue weighted by Gasteiger charge is 2.20. The maximum absolute atomic E-state index is 12.4. The topological polar surface area (TPSA) is 69.7 Å². The Morgan fingerprint density at radius 1 is 0.840 bits per heavy atom. The van der Waals surface area contributed by atoms with Crippen molar-refractivity contribution in [3.05, 3.63) is 70.8 Å². The van der Waals surface area contributed by atoms with Gasteiger partial charge in [-0.15, -0.1) is 0 Å². The smallest absolute Gasteiger partial charge is 0.338 e. The minimum Gasteiger partial charge on any atom is -0.465 e. The van der Waals surface area contributed by atoms with Crippen LogP contribution in [0.25, 0.3) is 0 Å². The van der Waals surface area contributed by atoms with Crippen LogP contribution < -0.4 is 0 Å². The van der Waals surface area contributed by atoms with Crippen LogP contribution in [0.1, 0.15) is 50.5 Å². The van der Waals surface area contributed by atoms with E-state index in [4.69, 9.17) is 4.74 Å². The lowest BCUT2D eigenvalue weighted by molar-refractivity contribution is 0.0318. The van der Waals surface area contributed by atoms with Gasteiger partial charge < -0.3 is 9.47 Å². The zero-order chi connectivity index (χ0) is 18.4. The molecule has 130 valence electrons. The molecule has 0 heterocycles. The summed E-state index contributed by atoms with van der Waals surface area (Å²) in [6.45, 7) is 3.57. The van der Waals surface area contributed by atoms with Gasteiger partial charge in [0.05, 0.1) is 18.2 Å². The second-order valence-corrected chi connectivity index (χ2v) is 5.53. The van der Waals surface area contributed by atoms with Crippen LogP contribution in [0, 0.1) is 0 Å². The number of hydrogen-bond donors (Lipinski definition) is 0. The molecule has 0 saturated carbocycles. The quantitative estimate of drug-likeness (QED) is 0.595. The molecule has 0 N–H and O–H groups in total. The van der Waals surface area contributed by atoms with Gasteiger partial charge >= 0.3 is 11.9 Å². The number of aryl methyl sites for hydroxylation is 1. The van der Waals surface area contributed by atoms with Gasteiger partial charge in [-0.2, -0.15) is 0 Å². The van der Waals surface area contributed by atoms with Crippen LogP contribution in [0.15, 0.2) is 48.5 Å². The summed E-state index contributed by atoms with van der Waals surface area (Å²) in [6.07, 6.45) is -0.0131. The molecule has 5 heteroatoms. The second-order valence-electron chi connectivity index (χ2n) is 5.53. The van der Waals surface area contributed by atoms with Gasteiger partial charge in [-0.3, -0.25) is 4.79 Å². The lowest BCUT2D eigenvalue weighted by Gasteiger charge is -2.13. The van der Waals surface area contributed by atoms with Crippen LogP contribution >= 0.6 is 0 Å². The molecule has 0 spiro atoms. The lowest BCUT2D eigenvalue weighted by Crippen LogP contribution is -2.24. The molecular weight excluding hydrogens is 320 g/mol. The van der Waals surface area contributed by atoms with Crippen molar-refractivity contribution < 1.29 is 23.9 Å². The summed E-state index contributed by atoms with van der Waals surface area (Å²) in [5.74, 6) is -1.37. The maximum atomic E-state index is 12.4. The third-order valence-electron chi connectivity index (χ3n) is 3.84. The predicted octanol–water partition coefficient (Wildman–Crippen LogP) is 3.46. The maximum Gasteiger partial charge on any atom is 0.338 e. The van der Waals surface area contributed by atoms with Crippen molar-refractivity contribution in [1.29, 1.82) is 0 Å². The molecule has 0 saturated heterocycles. The van der Waals surface area contributed by atoms with Crippen LogP contribution in [0.2, 0.25) is 0 Å². The van der Waals surface area contributed by atoms with Crippen molar-refractivity contribution in [2.75, 3.05) is 7.11 Å². The van der Waals surface area contributed by atoms with Crippen LogP contribution in [-0.4, -0.2) is 30.9 Å². The third-order valence-corrected chi connectivity index (χ3v) is 3.84. The molecule has 2 aromatic carbocycles. The Morgan fingerprint density at radius 2 is 1.32 bits per heavy atom. The number of carbonyl (C=O) groups is 3. The summed E-state index contributed by atoms with van der Waals surface area (Å²) < 4.78 is 9.83. The van der Waals surface area contributed by atoms with Crippen LogP contribution in [-0.2, 0) is 15.9 Å². The molecule has 2 aromatic rings. The van der Waals surface area contributed by atoms with Crippen LogP contribution in [0.4, 0.5) is 0 Å². The first-order chi connectivity index (χ1) is 12.0. The number of methoxy groups -OCH3 is 1.